The molecule has 4 rings (SSSR count). The predicted octanol–water partition coefficient (Wildman–Crippen LogP) is 3.65. The van der Waals surface area contributed by atoms with Gasteiger partial charge in [0, 0.05) is 17.5 Å². The van der Waals surface area contributed by atoms with Crippen molar-refractivity contribution < 1.29 is 44.0 Å². The molecule has 0 heterocycles. The summed E-state index contributed by atoms with van der Waals surface area (Å²) >= 11 is 0. The number of carbonyl (C=O) groups excluding carboxylic acids is 2. The summed E-state index contributed by atoms with van der Waals surface area (Å²) in [5.41, 5.74) is -0.170. The number of aliphatic hydroxyl groups is 1. The fourth-order valence-electron chi connectivity index (χ4n) is 7.57. The Balaban J connectivity index is 1.10. The van der Waals surface area contributed by atoms with E-state index in [4.69, 9.17) is 9.47 Å². The van der Waals surface area contributed by atoms with Crippen LogP contribution in [0.15, 0.2) is 0 Å². The van der Waals surface area contributed by atoms with Crippen molar-refractivity contribution in [2.24, 2.45) is 29.1 Å². The third-order valence-electron chi connectivity index (χ3n) is 10.4. The maximum absolute atomic E-state index is 12.9. The quantitative estimate of drug-likeness (QED) is 0.218. The topological polar surface area (TPSA) is 171 Å². The van der Waals surface area contributed by atoms with Gasteiger partial charge in [0.1, 0.15) is 0 Å². The molecule has 0 spiro atoms. The summed E-state index contributed by atoms with van der Waals surface area (Å²) in [7, 11) is 0. The van der Waals surface area contributed by atoms with Gasteiger partial charge in [-0.2, -0.15) is 0 Å². The molecule has 5 unspecified atom stereocenters. The van der Waals surface area contributed by atoms with Crippen LogP contribution in [-0.4, -0.2) is 82.7 Å². The summed E-state index contributed by atoms with van der Waals surface area (Å²) in [6, 6.07) is 0.0659. The van der Waals surface area contributed by atoms with E-state index in [1.807, 2.05) is 0 Å². The molecule has 250 valence electrons. The van der Waals surface area contributed by atoms with Crippen molar-refractivity contribution in [2.45, 2.75) is 141 Å². The van der Waals surface area contributed by atoms with Gasteiger partial charge in [0.2, 0.25) is 11.8 Å². The number of carboxylic acids is 2. The minimum Gasteiger partial charge on any atom is -0.481 e. The van der Waals surface area contributed by atoms with E-state index in [0.717, 1.165) is 64.2 Å². The van der Waals surface area contributed by atoms with Crippen LogP contribution in [0.5, 0.6) is 0 Å². The second kappa shape index (κ2) is 15.9. The van der Waals surface area contributed by atoms with Gasteiger partial charge >= 0.3 is 11.9 Å². The van der Waals surface area contributed by atoms with Crippen molar-refractivity contribution in [3.63, 3.8) is 0 Å². The largest absolute Gasteiger partial charge is 0.481 e. The van der Waals surface area contributed by atoms with Crippen LogP contribution in [0.4, 0.5) is 0 Å². The molecule has 11 nitrogen and oxygen atoms in total. The lowest BCUT2D eigenvalue weighted by Crippen LogP contribution is -2.47. The van der Waals surface area contributed by atoms with Gasteiger partial charge in [-0.05, 0) is 83.5 Å². The number of ether oxygens (including phenoxy) is 2. The maximum atomic E-state index is 12.9. The zero-order valence-electron chi connectivity index (χ0n) is 26.5. The van der Waals surface area contributed by atoms with Crippen LogP contribution in [0.3, 0.4) is 0 Å². The van der Waals surface area contributed by atoms with Crippen LogP contribution in [0.1, 0.15) is 110 Å². The molecule has 2 amide bonds. The van der Waals surface area contributed by atoms with Gasteiger partial charge in [-0.15, -0.1) is 0 Å². The van der Waals surface area contributed by atoms with Crippen molar-refractivity contribution in [3.05, 3.63) is 0 Å². The normalized spacial score (nSPS) is 34.9. The highest BCUT2D eigenvalue weighted by Crippen LogP contribution is 2.33. The van der Waals surface area contributed by atoms with Crippen molar-refractivity contribution in [1.29, 1.82) is 0 Å². The van der Waals surface area contributed by atoms with Gasteiger partial charge in [-0.3, -0.25) is 19.2 Å². The number of carbonyl (C=O) groups is 4. The van der Waals surface area contributed by atoms with Crippen molar-refractivity contribution in [1.82, 2.24) is 10.6 Å². The number of rotatable bonds is 12. The highest BCUT2D eigenvalue weighted by molar-refractivity contribution is 5.85. The Hall–Kier alpha value is -2.24. The second-order valence-corrected chi connectivity index (χ2v) is 14.6. The van der Waals surface area contributed by atoms with E-state index < -0.39 is 41.7 Å². The molecule has 44 heavy (non-hydrogen) atoms. The lowest BCUT2D eigenvalue weighted by atomic mass is 9.77. The number of aliphatic hydroxyl groups excluding tert-OH is 1. The number of carboxylic acid groups (broad SMARTS) is 2. The lowest BCUT2D eigenvalue weighted by molar-refractivity contribution is -0.151. The van der Waals surface area contributed by atoms with E-state index in [-0.39, 0.29) is 47.9 Å². The summed E-state index contributed by atoms with van der Waals surface area (Å²) in [5, 5.41) is 35.2. The smallest absolute Gasteiger partial charge is 0.307 e. The maximum Gasteiger partial charge on any atom is 0.307 e. The monoisotopic (exact) mass is 622 g/mol. The molecule has 4 saturated carbocycles. The third-order valence-corrected chi connectivity index (χ3v) is 10.4. The number of aliphatic carboxylic acids is 2. The number of amides is 2. The minimum atomic E-state index is -0.968. The van der Waals surface area contributed by atoms with Crippen LogP contribution in [0.2, 0.25) is 0 Å². The first-order valence-corrected chi connectivity index (χ1v) is 16.9. The Morgan fingerprint density at radius 2 is 1.05 bits per heavy atom. The van der Waals surface area contributed by atoms with Crippen LogP contribution in [-0.2, 0) is 28.7 Å². The Morgan fingerprint density at radius 3 is 1.52 bits per heavy atom. The first-order valence-electron chi connectivity index (χ1n) is 16.9. The SMILES string of the molecule is CC(C)(COC1CCC(NC(=O)C2CCCCC2C(=O)O)CC1)COC1CCC(NC(=O)C2CC(O)CCC2C(=O)O)CC1. The molecule has 0 aromatic rings. The summed E-state index contributed by atoms with van der Waals surface area (Å²) < 4.78 is 12.6. The van der Waals surface area contributed by atoms with E-state index in [9.17, 15) is 34.5 Å². The molecule has 0 saturated heterocycles. The number of hydrogen-bond donors (Lipinski definition) is 5. The van der Waals surface area contributed by atoms with E-state index in [1.165, 1.54) is 0 Å². The molecule has 5 N–H and O–H groups in total. The first kappa shape index (κ1) is 34.6. The third kappa shape index (κ3) is 9.88. The molecule has 0 bridgehead atoms. The summed E-state index contributed by atoms with van der Waals surface area (Å²) in [6.07, 6.45) is 10.1. The van der Waals surface area contributed by atoms with E-state index >= 15 is 0 Å². The molecule has 0 aromatic carbocycles. The highest BCUT2D eigenvalue weighted by Gasteiger charge is 2.40. The lowest BCUT2D eigenvalue weighted by Gasteiger charge is -2.36. The summed E-state index contributed by atoms with van der Waals surface area (Å²) in [5.74, 6) is -4.61. The van der Waals surface area contributed by atoms with Gasteiger partial charge in [0.15, 0.2) is 0 Å². The minimum absolute atomic E-state index is 0.00613. The molecular weight excluding hydrogens is 568 g/mol. The standard InChI is InChI=1S/C33H54N2O9/c1-33(2,18-43-23-12-7-20(8-13-23)34-29(37)25-5-3-4-6-26(25)31(39)40)19-44-24-14-9-21(10-15-24)35-30(38)28-17-22(36)11-16-27(28)32(41)42/h20-28,36H,3-19H2,1-2H3,(H,34,37)(H,35,38)(H,39,40)(H,41,42). The average molecular weight is 623 g/mol. The second-order valence-electron chi connectivity index (χ2n) is 14.6. The zero-order chi connectivity index (χ0) is 31.9. The molecule has 4 aliphatic rings. The van der Waals surface area contributed by atoms with Crippen molar-refractivity contribution in [3.8, 4) is 0 Å². The van der Waals surface area contributed by atoms with Crippen molar-refractivity contribution in [2.75, 3.05) is 13.2 Å². The van der Waals surface area contributed by atoms with Gasteiger partial charge in [-0.1, -0.05) is 26.7 Å². The zero-order valence-corrected chi connectivity index (χ0v) is 26.5. The summed E-state index contributed by atoms with van der Waals surface area (Å²) in [6.45, 7) is 5.39. The molecule has 11 heteroatoms. The molecule has 0 radical (unpaired) electrons. The van der Waals surface area contributed by atoms with Crippen LogP contribution >= 0.6 is 0 Å². The molecule has 5 atom stereocenters. The van der Waals surface area contributed by atoms with Crippen LogP contribution in [0, 0.1) is 29.1 Å². The van der Waals surface area contributed by atoms with E-state index in [0.29, 0.717) is 38.9 Å². The Bertz CT molecular complexity index is 988. The van der Waals surface area contributed by atoms with Gasteiger partial charge in [-0.25, -0.2) is 0 Å². The number of nitrogens with one attached hydrogen (secondary N) is 2. The van der Waals surface area contributed by atoms with Gasteiger partial charge < -0.3 is 35.4 Å². The van der Waals surface area contributed by atoms with Crippen LogP contribution in [0.25, 0.3) is 0 Å². The average Bonchev–Trinajstić information content (AvgIpc) is 3.00. The van der Waals surface area contributed by atoms with E-state index in [2.05, 4.69) is 24.5 Å². The number of hydrogen-bond acceptors (Lipinski definition) is 7. The molecular formula is C33H54N2O9. The van der Waals surface area contributed by atoms with Crippen molar-refractivity contribution >= 4 is 23.8 Å². The molecule has 4 aliphatic carbocycles. The van der Waals surface area contributed by atoms with Gasteiger partial charge in [0.25, 0.3) is 0 Å². The van der Waals surface area contributed by atoms with E-state index in [1.54, 1.807) is 0 Å². The highest BCUT2D eigenvalue weighted by atomic mass is 16.5. The first-order chi connectivity index (χ1) is 20.9. The predicted molar refractivity (Wildman–Crippen MR) is 162 cm³/mol. The Kier molecular flexibility index (Phi) is 12.5. The fraction of sp³-hybridized carbons (Fsp3) is 0.879. The molecule has 0 aliphatic heterocycles. The molecule has 4 fully saturated rings. The Morgan fingerprint density at radius 1 is 0.614 bits per heavy atom. The van der Waals surface area contributed by atoms with Crippen LogP contribution < -0.4 is 10.6 Å². The Labute approximate surface area is 261 Å². The fourth-order valence-corrected chi connectivity index (χ4v) is 7.57. The summed E-state index contributed by atoms with van der Waals surface area (Å²) in [4.78, 5) is 48.9. The van der Waals surface area contributed by atoms with Gasteiger partial charge in [0.05, 0.1) is 55.2 Å². The molecule has 0 aromatic heterocycles.